The van der Waals surface area contributed by atoms with Crippen molar-refractivity contribution in [1.29, 1.82) is 0 Å². The Morgan fingerprint density at radius 2 is 1.81 bits per heavy atom. The van der Waals surface area contributed by atoms with Crippen molar-refractivity contribution in [3.63, 3.8) is 0 Å². The molecule has 0 saturated heterocycles. The largest absolute Gasteiger partial charge is 0.396 e. The molecule has 1 aromatic carbocycles. The van der Waals surface area contributed by atoms with E-state index in [1.54, 1.807) is 30.7 Å². The van der Waals surface area contributed by atoms with Crippen molar-refractivity contribution in [2.75, 3.05) is 18.5 Å². The minimum absolute atomic E-state index is 0. The number of hydrogen-bond acceptors (Lipinski definition) is 5. The van der Waals surface area contributed by atoms with Crippen molar-refractivity contribution in [1.82, 2.24) is 19.9 Å². The van der Waals surface area contributed by atoms with Gasteiger partial charge >= 0.3 is 0 Å². The third-order valence-electron chi connectivity index (χ3n) is 4.25. The van der Waals surface area contributed by atoms with Crippen LogP contribution in [0.2, 0.25) is 0 Å². The maximum atomic E-state index is 13.4. The summed E-state index contributed by atoms with van der Waals surface area (Å²) >= 11 is 0. The summed E-state index contributed by atoms with van der Waals surface area (Å²) in [7, 11) is 0. The molecule has 3 heterocycles. The van der Waals surface area contributed by atoms with Crippen LogP contribution in [0, 0.1) is 5.82 Å². The summed E-state index contributed by atoms with van der Waals surface area (Å²) in [6.45, 7) is 0.758. The Balaban J connectivity index is 0.00000225. The van der Waals surface area contributed by atoms with Gasteiger partial charge < -0.3 is 15.4 Å². The number of anilines is 1. The lowest BCUT2D eigenvalue weighted by molar-refractivity contribution is 0.292. The first-order valence-electron chi connectivity index (χ1n) is 8.66. The van der Waals surface area contributed by atoms with E-state index in [4.69, 9.17) is 5.11 Å². The van der Waals surface area contributed by atoms with E-state index in [2.05, 4.69) is 25.3 Å². The highest BCUT2D eigenvalue weighted by molar-refractivity contribution is 6.00. The lowest BCUT2D eigenvalue weighted by Crippen LogP contribution is -2.04. The molecule has 3 aromatic heterocycles. The fourth-order valence-electron chi connectivity index (χ4n) is 3.00. The number of pyridine rings is 1. The number of benzene rings is 1. The number of rotatable bonds is 6. The number of fused-ring (bicyclic) bond motifs is 1. The molecule has 0 atom stereocenters. The van der Waals surface area contributed by atoms with Gasteiger partial charge in [-0.15, -0.1) is 0 Å². The maximum absolute atomic E-state index is 13.4. The second-order valence-electron chi connectivity index (χ2n) is 6.07. The quantitative estimate of drug-likeness (QED) is 0.452. The number of aromatic amines is 1. The first-order chi connectivity index (χ1) is 13.3. The van der Waals surface area contributed by atoms with Crippen LogP contribution >= 0.6 is 0 Å². The molecule has 138 valence electrons. The first kappa shape index (κ1) is 17.1. The number of aliphatic hydroxyl groups is 1. The van der Waals surface area contributed by atoms with Crippen molar-refractivity contribution in [3.8, 4) is 22.4 Å². The van der Waals surface area contributed by atoms with Gasteiger partial charge in [-0.25, -0.2) is 14.4 Å². The number of hydrogen-bond donors (Lipinski definition) is 3. The molecule has 0 radical (unpaired) electrons. The fourth-order valence-corrected chi connectivity index (χ4v) is 3.00. The molecule has 0 aliphatic heterocycles. The van der Waals surface area contributed by atoms with Crippen molar-refractivity contribution >= 4 is 17.0 Å². The predicted octanol–water partition coefficient (Wildman–Crippen LogP) is 3.87. The molecule has 4 aromatic rings. The molecule has 0 aliphatic carbocycles. The van der Waals surface area contributed by atoms with Gasteiger partial charge in [0.15, 0.2) is 5.65 Å². The van der Waals surface area contributed by atoms with Gasteiger partial charge in [0.2, 0.25) is 0 Å². The Bertz CT molecular complexity index is 1070. The van der Waals surface area contributed by atoms with Gasteiger partial charge in [-0.3, -0.25) is 4.98 Å². The highest BCUT2D eigenvalue weighted by Gasteiger charge is 2.17. The monoisotopic (exact) mass is 365 g/mol. The zero-order valence-corrected chi connectivity index (χ0v) is 14.5. The van der Waals surface area contributed by atoms with Crippen molar-refractivity contribution in [2.45, 2.75) is 6.42 Å². The van der Waals surface area contributed by atoms with Gasteiger partial charge in [-0.2, -0.15) is 0 Å². The van der Waals surface area contributed by atoms with E-state index < -0.39 is 0 Å². The van der Waals surface area contributed by atoms with E-state index in [1.165, 1.54) is 12.1 Å². The summed E-state index contributed by atoms with van der Waals surface area (Å²) in [5.41, 5.74) is 4.87. The van der Waals surface area contributed by atoms with Crippen molar-refractivity contribution in [2.24, 2.45) is 0 Å². The van der Waals surface area contributed by atoms with Crippen molar-refractivity contribution in [3.05, 3.63) is 60.8 Å². The van der Waals surface area contributed by atoms with Crippen LogP contribution in [0.15, 0.2) is 55.0 Å². The second-order valence-corrected chi connectivity index (χ2v) is 6.07. The summed E-state index contributed by atoms with van der Waals surface area (Å²) in [6.07, 6.45) is 5.64. The molecule has 0 aliphatic rings. The van der Waals surface area contributed by atoms with Gasteiger partial charge in [-0.1, -0.05) is 12.1 Å². The minimum atomic E-state index is -0.287. The Morgan fingerprint density at radius 1 is 1.00 bits per heavy atom. The highest BCUT2D eigenvalue weighted by atomic mass is 19.1. The smallest absolute Gasteiger partial charge is 0.157 e. The zero-order chi connectivity index (χ0) is 18.6. The van der Waals surface area contributed by atoms with Crippen LogP contribution in [-0.2, 0) is 0 Å². The molecular weight excluding hydrogens is 345 g/mol. The number of halogens is 1. The molecule has 0 bridgehead atoms. The lowest BCUT2D eigenvalue weighted by atomic mass is 10.0. The molecule has 0 unspecified atom stereocenters. The van der Waals surface area contributed by atoms with Crippen LogP contribution in [0.5, 0.6) is 0 Å². The molecule has 0 amide bonds. The lowest BCUT2D eigenvalue weighted by Gasteiger charge is -2.08. The predicted molar refractivity (Wildman–Crippen MR) is 105 cm³/mol. The van der Waals surface area contributed by atoms with Crippen molar-refractivity contribution < 1.29 is 10.9 Å². The SMILES string of the molecule is OCCCNc1cc(-c2[nH]c3nccnc3c2-c2ccc(F)cc2)ccn1.[HH]. The van der Waals surface area contributed by atoms with Gasteiger partial charge in [-0.05, 0) is 36.2 Å². The first-order valence-corrected chi connectivity index (χ1v) is 8.66. The van der Waals surface area contributed by atoms with E-state index in [0.717, 1.165) is 27.9 Å². The zero-order valence-electron chi connectivity index (χ0n) is 14.5. The van der Waals surface area contributed by atoms with Crippen LogP contribution in [0.25, 0.3) is 33.5 Å². The van der Waals surface area contributed by atoms with Crippen LogP contribution in [0.3, 0.4) is 0 Å². The number of aromatic nitrogens is 4. The minimum Gasteiger partial charge on any atom is -0.396 e. The second kappa shape index (κ2) is 7.51. The van der Waals surface area contributed by atoms with Crippen LogP contribution in [0.4, 0.5) is 10.2 Å². The van der Waals surface area contributed by atoms with E-state index in [1.807, 2.05) is 12.1 Å². The Kier molecular flexibility index (Phi) is 4.76. The summed E-state index contributed by atoms with van der Waals surface area (Å²) in [6, 6.07) is 10.2. The summed E-state index contributed by atoms with van der Waals surface area (Å²) in [4.78, 5) is 16.5. The number of H-pyrrole nitrogens is 1. The molecule has 0 saturated carbocycles. The molecule has 7 heteroatoms. The average molecular weight is 365 g/mol. The molecule has 3 N–H and O–H groups in total. The van der Waals surface area contributed by atoms with Crippen LogP contribution in [-0.4, -0.2) is 38.2 Å². The molecule has 6 nitrogen and oxygen atoms in total. The van der Waals surface area contributed by atoms with E-state index in [0.29, 0.717) is 24.4 Å². The van der Waals surface area contributed by atoms with E-state index >= 15 is 0 Å². The topological polar surface area (TPSA) is 86.7 Å². The fraction of sp³-hybridized carbons (Fsp3) is 0.150. The number of aliphatic hydroxyl groups excluding tert-OH is 1. The molecular formula is C20H20FN5O. The van der Waals surface area contributed by atoms with Gasteiger partial charge in [0.05, 0.1) is 5.69 Å². The maximum Gasteiger partial charge on any atom is 0.157 e. The standard InChI is InChI=1S/C20H18FN5O.H2/c21-15-4-2-13(3-5-15)17-18(26-20-19(17)24-9-10-25-20)14-6-8-23-16(12-14)22-7-1-11-27;/h2-6,8-10,12,27H,1,7,11H2,(H,22,23)(H,25,26);1H. The third-order valence-corrected chi connectivity index (χ3v) is 4.25. The number of nitrogens with one attached hydrogen (secondary N) is 2. The number of nitrogens with zero attached hydrogens (tertiary/aromatic N) is 3. The average Bonchev–Trinajstić information content (AvgIpc) is 3.09. The van der Waals surface area contributed by atoms with E-state index in [-0.39, 0.29) is 13.9 Å². The molecule has 27 heavy (non-hydrogen) atoms. The Morgan fingerprint density at radius 3 is 2.63 bits per heavy atom. The van der Waals surface area contributed by atoms with Gasteiger partial charge in [0.25, 0.3) is 0 Å². The third kappa shape index (κ3) is 3.50. The van der Waals surface area contributed by atoms with Gasteiger partial charge in [0.1, 0.15) is 17.2 Å². The Hall–Kier alpha value is -3.32. The summed E-state index contributed by atoms with van der Waals surface area (Å²) < 4.78 is 13.4. The molecule has 0 spiro atoms. The normalized spacial score (nSPS) is 11.0. The van der Waals surface area contributed by atoms with Crippen LogP contribution in [0.1, 0.15) is 7.85 Å². The van der Waals surface area contributed by atoms with Crippen LogP contribution < -0.4 is 5.32 Å². The molecule has 0 fully saturated rings. The highest BCUT2D eigenvalue weighted by Crippen LogP contribution is 2.37. The van der Waals surface area contributed by atoms with Gasteiger partial charge in [0, 0.05) is 44.3 Å². The van der Waals surface area contributed by atoms with E-state index in [9.17, 15) is 4.39 Å². The summed E-state index contributed by atoms with van der Waals surface area (Å²) in [5, 5.41) is 12.1. The Labute approximate surface area is 156 Å². The summed E-state index contributed by atoms with van der Waals surface area (Å²) in [5.74, 6) is 0.427. The molecule has 4 rings (SSSR count).